The van der Waals surface area contributed by atoms with Crippen molar-refractivity contribution in [2.45, 2.75) is 76.2 Å². The van der Waals surface area contributed by atoms with Gasteiger partial charge in [-0.15, -0.1) is 0 Å². The van der Waals surface area contributed by atoms with Crippen molar-refractivity contribution in [1.29, 1.82) is 0 Å². The van der Waals surface area contributed by atoms with Gasteiger partial charge in [-0.1, -0.05) is 30.3 Å². The standard InChI is InChI=1S/C24H37N5O5/c1-24(2,3)28-22(33)18-11-8-12-29(18)23(34)20(31)16(13-15-9-6-5-7-10-15)27-21(32)17(26-4)14-19(25)30/h5-7,9-10,16-18,20,26,31H,8,11-14H2,1-4H3,(H2,25,30)(H,27,32)(H,28,33)/t16?,17-,18-,20?/m0/s1. The first-order valence-corrected chi connectivity index (χ1v) is 11.5. The van der Waals surface area contributed by atoms with Crippen molar-refractivity contribution in [2.75, 3.05) is 13.6 Å². The van der Waals surface area contributed by atoms with Gasteiger partial charge in [-0.25, -0.2) is 0 Å². The summed E-state index contributed by atoms with van der Waals surface area (Å²) < 4.78 is 0. The molecule has 34 heavy (non-hydrogen) atoms. The predicted molar refractivity (Wildman–Crippen MR) is 127 cm³/mol. The van der Waals surface area contributed by atoms with Crippen LogP contribution in [-0.4, -0.2) is 77.0 Å². The molecule has 10 heteroatoms. The molecule has 1 heterocycles. The number of carbonyl (C=O) groups is 4. The number of likely N-dealkylation sites (tertiary alicyclic amines) is 1. The Morgan fingerprint density at radius 3 is 2.38 bits per heavy atom. The van der Waals surface area contributed by atoms with Crippen LogP contribution in [0.4, 0.5) is 0 Å². The monoisotopic (exact) mass is 475 g/mol. The van der Waals surface area contributed by atoms with E-state index in [1.807, 2.05) is 51.1 Å². The van der Waals surface area contributed by atoms with Crippen molar-refractivity contribution in [3.63, 3.8) is 0 Å². The zero-order valence-electron chi connectivity index (χ0n) is 20.3. The Bertz CT molecular complexity index is 870. The van der Waals surface area contributed by atoms with Gasteiger partial charge in [0.1, 0.15) is 6.04 Å². The fraction of sp³-hybridized carbons (Fsp3) is 0.583. The van der Waals surface area contributed by atoms with Gasteiger partial charge in [-0.05, 0) is 52.6 Å². The molecule has 2 rings (SSSR count). The molecular formula is C24H37N5O5. The van der Waals surface area contributed by atoms with Gasteiger partial charge in [-0.3, -0.25) is 19.2 Å². The normalized spacial score (nSPS) is 18.6. The third kappa shape index (κ3) is 7.81. The molecule has 1 saturated heterocycles. The van der Waals surface area contributed by atoms with Crippen molar-refractivity contribution in [1.82, 2.24) is 20.9 Å². The molecule has 4 atom stereocenters. The zero-order valence-corrected chi connectivity index (χ0v) is 20.3. The molecule has 0 aromatic heterocycles. The molecule has 0 radical (unpaired) electrons. The molecule has 0 saturated carbocycles. The van der Waals surface area contributed by atoms with E-state index in [2.05, 4.69) is 16.0 Å². The van der Waals surface area contributed by atoms with Crippen molar-refractivity contribution in [3.8, 4) is 0 Å². The maximum atomic E-state index is 13.3. The molecule has 0 bridgehead atoms. The summed E-state index contributed by atoms with van der Waals surface area (Å²) in [6.45, 7) is 5.91. The van der Waals surface area contributed by atoms with Crippen LogP contribution in [0, 0.1) is 0 Å². The van der Waals surface area contributed by atoms with Gasteiger partial charge < -0.3 is 31.7 Å². The van der Waals surface area contributed by atoms with Crippen LogP contribution in [0.2, 0.25) is 0 Å². The van der Waals surface area contributed by atoms with Crippen LogP contribution in [0.1, 0.15) is 45.6 Å². The SMILES string of the molecule is CN[C@@H](CC(N)=O)C(=O)NC(Cc1ccccc1)C(O)C(=O)N1CCC[C@H]1C(=O)NC(C)(C)C. The average molecular weight is 476 g/mol. The van der Waals surface area contributed by atoms with Gasteiger partial charge >= 0.3 is 0 Å². The van der Waals surface area contributed by atoms with E-state index >= 15 is 0 Å². The minimum atomic E-state index is -1.58. The van der Waals surface area contributed by atoms with Gasteiger partial charge in [0, 0.05) is 12.1 Å². The molecule has 1 aliphatic rings. The summed E-state index contributed by atoms with van der Waals surface area (Å²) >= 11 is 0. The topological polar surface area (TPSA) is 154 Å². The molecule has 188 valence electrons. The van der Waals surface area contributed by atoms with Gasteiger partial charge in [0.15, 0.2) is 6.10 Å². The highest BCUT2D eigenvalue weighted by molar-refractivity contribution is 5.92. The summed E-state index contributed by atoms with van der Waals surface area (Å²) in [5, 5.41) is 19.4. The van der Waals surface area contributed by atoms with Crippen molar-refractivity contribution >= 4 is 23.6 Å². The van der Waals surface area contributed by atoms with Crippen LogP contribution in [0.3, 0.4) is 0 Å². The number of benzene rings is 1. The maximum Gasteiger partial charge on any atom is 0.254 e. The number of carbonyl (C=O) groups excluding carboxylic acids is 4. The molecule has 1 fully saturated rings. The second-order valence-corrected chi connectivity index (χ2v) is 9.69. The number of nitrogens with zero attached hydrogens (tertiary/aromatic N) is 1. The third-order valence-electron chi connectivity index (χ3n) is 5.67. The second-order valence-electron chi connectivity index (χ2n) is 9.69. The number of amides is 4. The quantitative estimate of drug-likeness (QED) is 0.306. The number of aliphatic hydroxyl groups is 1. The van der Waals surface area contributed by atoms with E-state index in [4.69, 9.17) is 5.73 Å². The van der Waals surface area contributed by atoms with Crippen molar-refractivity contribution < 1.29 is 24.3 Å². The first-order valence-electron chi connectivity index (χ1n) is 11.5. The number of hydrogen-bond acceptors (Lipinski definition) is 6. The van der Waals surface area contributed by atoms with E-state index in [1.165, 1.54) is 11.9 Å². The number of aliphatic hydroxyl groups excluding tert-OH is 1. The Kier molecular flexibility index (Phi) is 9.57. The minimum absolute atomic E-state index is 0.180. The van der Waals surface area contributed by atoms with E-state index < -0.39 is 47.5 Å². The predicted octanol–water partition coefficient (Wildman–Crippen LogP) is -0.556. The summed E-state index contributed by atoms with van der Waals surface area (Å²) in [4.78, 5) is 51.6. The summed E-state index contributed by atoms with van der Waals surface area (Å²) in [6, 6.07) is 6.56. The molecule has 0 aliphatic carbocycles. The summed E-state index contributed by atoms with van der Waals surface area (Å²) in [7, 11) is 1.52. The van der Waals surface area contributed by atoms with Gasteiger partial charge in [-0.2, -0.15) is 0 Å². The van der Waals surface area contributed by atoms with E-state index in [9.17, 15) is 24.3 Å². The Balaban J connectivity index is 2.23. The Labute approximate surface area is 200 Å². The number of nitrogens with two attached hydrogens (primary N) is 1. The van der Waals surface area contributed by atoms with E-state index in [-0.39, 0.29) is 18.7 Å². The highest BCUT2D eigenvalue weighted by Gasteiger charge is 2.40. The summed E-state index contributed by atoms with van der Waals surface area (Å²) in [6.07, 6.45) is -0.503. The van der Waals surface area contributed by atoms with Crippen molar-refractivity contribution in [2.24, 2.45) is 5.73 Å². The Hall–Kier alpha value is -2.98. The lowest BCUT2D eigenvalue weighted by Gasteiger charge is -2.32. The number of hydrogen-bond donors (Lipinski definition) is 5. The summed E-state index contributed by atoms with van der Waals surface area (Å²) in [5.74, 6) is -2.11. The molecule has 1 aromatic carbocycles. The highest BCUT2D eigenvalue weighted by Crippen LogP contribution is 2.21. The van der Waals surface area contributed by atoms with Crippen LogP contribution in [0.5, 0.6) is 0 Å². The highest BCUT2D eigenvalue weighted by atomic mass is 16.3. The van der Waals surface area contributed by atoms with Gasteiger partial charge in [0.05, 0.1) is 18.5 Å². The lowest BCUT2D eigenvalue weighted by molar-refractivity contribution is -0.147. The number of rotatable bonds is 10. The van der Waals surface area contributed by atoms with Crippen LogP contribution in [-0.2, 0) is 25.6 Å². The summed E-state index contributed by atoms with van der Waals surface area (Å²) in [5.41, 5.74) is 5.58. The van der Waals surface area contributed by atoms with Gasteiger partial charge in [0.25, 0.3) is 5.91 Å². The molecule has 6 N–H and O–H groups in total. The zero-order chi connectivity index (χ0) is 25.5. The maximum absolute atomic E-state index is 13.3. The van der Waals surface area contributed by atoms with E-state index in [0.29, 0.717) is 19.4 Å². The van der Waals surface area contributed by atoms with Crippen LogP contribution >= 0.6 is 0 Å². The Morgan fingerprint density at radius 2 is 1.82 bits per heavy atom. The smallest absolute Gasteiger partial charge is 0.254 e. The van der Waals surface area contributed by atoms with Crippen LogP contribution < -0.4 is 21.7 Å². The molecule has 2 unspecified atom stereocenters. The van der Waals surface area contributed by atoms with Crippen LogP contribution in [0.25, 0.3) is 0 Å². The fourth-order valence-corrected chi connectivity index (χ4v) is 4.02. The lowest BCUT2D eigenvalue weighted by Crippen LogP contribution is -2.58. The molecule has 4 amide bonds. The molecular weight excluding hydrogens is 438 g/mol. The molecule has 0 spiro atoms. The van der Waals surface area contributed by atoms with Gasteiger partial charge in [0.2, 0.25) is 17.7 Å². The molecule has 10 nitrogen and oxygen atoms in total. The van der Waals surface area contributed by atoms with E-state index in [1.54, 1.807) is 0 Å². The number of nitrogens with one attached hydrogen (secondary N) is 3. The molecule has 1 aliphatic heterocycles. The van der Waals surface area contributed by atoms with Crippen molar-refractivity contribution in [3.05, 3.63) is 35.9 Å². The number of primary amides is 1. The Morgan fingerprint density at radius 1 is 1.18 bits per heavy atom. The fourth-order valence-electron chi connectivity index (χ4n) is 4.02. The first-order chi connectivity index (χ1) is 15.9. The lowest BCUT2D eigenvalue weighted by atomic mass is 9.99. The first kappa shape index (κ1) is 27.3. The molecule has 1 aromatic rings. The second kappa shape index (κ2) is 11.9. The number of likely N-dealkylation sites (N-methyl/N-ethyl adjacent to an activating group) is 1. The van der Waals surface area contributed by atoms with Crippen LogP contribution in [0.15, 0.2) is 30.3 Å². The van der Waals surface area contributed by atoms with E-state index in [0.717, 1.165) is 5.56 Å². The average Bonchev–Trinajstić information content (AvgIpc) is 3.25. The third-order valence-corrected chi connectivity index (χ3v) is 5.67. The largest absolute Gasteiger partial charge is 0.381 e. The minimum Gasteiger partial charge on any atom is -0.381 e.